The number of carbonyl (C=O) groups excluding carboxylic acids is 2. The Balaban J connectivity index is 1.99. The van der Waals surface area contributed by atoms with Gasteiger partial charge in [0.1, 0.15) is 0 Å². The molecule has 0 saturated carbocycles. The van der Waals surface area contributed by atoms with Crippen LogP contribution in [0.1, 0.15) is 27.6 Å². The van der Waals surface area contributed by atoms with Crippen molar-refractivity contribution in [1.29, 1.82) is 0 Å². The zero-order valence-corrected chi connectivity index (χ0v) is 12.9. The third-order valence-corrected chi connectivity index (χ3v) is 3.18. The number of rotatable bonds is 5. The molecule has 2 aromatic carbocycles. The number of nitrogens with two attached hydrogens (primary N) is 1. The molecule has 124 valence electrons. The number of anilines is 2. The van der Waals surface area contributed by atoms with E-state index in [1.54, 1.807) is 18.2 Å². The van der Waals surface area contributed by atoms with Gasteiger partial charge in [0, 0.05) is 11.4 Å². The fourth-order valence-corrected chi connectivity index (χ4v) is 1.88. The number of benzene rings is 2. The van der Waals surface area contributed by atoms with Gasteiger partial charge in [-0.25, -0.2) is 9.59 Å². The van der Waals surface area contributed by atoms with Crippen molar-refractivity contribution in [3.05, 3.63) is 59.7 Å². The molecular formula is C17H16N2O5. The Bertz CT molecular complexity index is 771. The van der Waals surface area contributed by atoms with E-state index in [9.17, 15) is 14.4 Å². The average Bonchev–Trinajstić information content (AvgIpc) is 2.55. The van der Waals surface area contributed by atoms with Crippen LogP contribution in [0, 0.1) is 0 Å². The lowest BCUT2D eigenvalue weighted by Crippen LogP contribution is -2.30. The van der Waals surface area contributed by atoms with Crippen molar-refractivity contribution in [2.75, 3.05) is 11.1 Å². The molecule has 0 spiro atoms. The summed E-state index contributed by atoms with van der Waals surface area (Å²) in [7, 11) is 0. The molecule has 7 heteroatoms. The number of hydrogen-bond donors (Lipinski definition) is 3. The van der Waals surface area contributed by atoms with E-state index in [0.717, 1.165) is 0 Å². The van der Waals surface area contributed by atoms with Gasteiger partial charge in [0.05, 0.1) is 11.1 Å². The Hall–Kier alpha value is -3.35. The molecule has 0 aliphatic carbocycles. The zero-order valence-electron chi connectivity index (χ0n) is 12.9. The van der Waals surface area contributed by atoms with E-state index in [4.69, 9.17) is 15.6 Å². The molecule has 0 fully saturated rings. The lowest BCUT2D eigenvalue weighted by Gasteiger charge is -2.14. The van der Waals surface area contributed by atoms with E-state index in [-0.39, 0.29) is 11.1 Å². The van der Waals surface area contributed by atoms with Crippen LogP contribution in [0.15, 0.2) is 48.5 Å². The van der Waals surface area contributed by atoms with E-state index >= 15 is 0 Å². The van der Waals surface area contributed by atoms with Gasteiger partial charge in [-0.3, -0.25) is 4.79 Å². The van der Waals surface area contributed by atoms with Crippen molar-refractivity contribution >= 4 is 29.2 Å². The van der Waals surface area contributed by atoms with Gasteiger partial charge in [-0.1, -0.05) is 6.07 Å². The van der Waals surface area contributed by atoms with Crippen molar-refractivity contribution in [3.8, 4) is 0 Å². The summed E-state index contributed by atoms with van der Waals surface area (Å²) in [4.78, 5) is 34.9. The molecule has 0 heterocycles. The van der Waals surface area contributed by atoms with Crippen LogP contribution in [0.3, 0.4) is 0 Å². The number of carboxylic acids is 1. The Labute approximate surface area is 138 Å². The standard InChI is InChI=1S/C17H16N2O5/c1-10(24-17(23)11-5-7-13(18)8-6-11)15(20)19-14-4-2-3-12(9-14)16(21)22/h2-10H,18H2,1H3,(H,19,20)(H,21,22). The van der Waals surface area contributed by atoms with Gasteiger partial charge in [0.25, 0.3) is 5.91 Å². The minimum Gasteiger partial charge on any atom is -0.478 e. The number of ether oxygens (including phenoxy) is 1. The van der Waals surface area contributed by atoms with Crippen LogP contribution in [0.25, 0.3) is 0 Å². The fraction of sp³-hybridized carbons (Fsp3) is 0.118. The van der Waals surface area contributed by atoms with E-state index in [1.807, 2.05) is 0 Å². The monoisotopic (exact) mass is 328 g/mol. The maximum atomic E-state index is 12.1. The predicted octanol–water partition coefficient (Wildman–Crippen LogP) is 2.15. The van der Waals surface area contributed by atoms with Gasteiger partial charge in [-0.2, -0.15) is 0 Å². The summed E-state index contributed by atoms with van der Waals surface area (Å²) in [6.07, 6.45) is -1.05. The SMILES string of the molecule is CC(OC(=O)c1ccc(N)cc1)C(=O)Nc1cccc(C(=O)O)c1. The highest BCUT2D eigenvalue weighted by atomic mass is 16.5. The first-order valence-electron chi connectivity index (χ1n) is 7.07. The molecule has 0 radical (unpaired) electrons. The highest BCUT2D eigenvalue weighted by molar-refractivity contribution is 5.98. The Morgan fingerprint density at radius 1 is 1.08 bits per heavy atom. The summed E-state index contributed by atoms with van der Waals surface area (Å²) in [5.41, 5.74) is 6.66. The van der Waals surface area contributed by atoms with E-state index in [2.05, 4.69) is 5.32 Å². The van der Waals surface area contributed by atoms with E-state index < -0.39 is 23.9 Å². The van der Waals surface area contributed by atoms with E-state index in [0.29, 0.717) is 11.4 Å². The lowest BCUT2D eigenvalue weighted by molar-refractivity contribution is -0.123. The summed E-state index contributed by atoms with van der Waals surface area (Å²) < 4.78 is 5.08. The molecule has 4 N–H and O–H groups in total. The molecule has 1 amide bonds. The molecule has 2 rings (SSSR count). The molecule has 24 heavy (non-hydrogen) atoms. The number of hydrogen-bond acceptors (Lipinski definition) is 5. The zero-order chi connectivity index (χ0) is 17.7. The van der Waals surface area contributed by atoms with Crippen LogP contribution in [-0.4, -0.2) is 29.1 Å². The fourth-order valence-electron chi connectivity index (χ4n) is 1.88. The van der Waals surface area contributed by atoms with Gasteiger partial charge >= 0.3 is 11.9 Å². The van der Waals surface area contributed by atoms with Crippen molar-refractivity contribution in [2.24, 2.45) is 0 Å². The highest BCUT2D eigenvalue weighted by Gasteiger charge is 2.19. The number of carbonyl (C=O) groups is 3. The van der Waals surface area contributed by atoms with Gasteiger partial charge < -0.3 is 20.9 Å². The maximum Gasteiger partial charge on any atom is 0.338 e. The second-order valence-electron chi connectivity index (χ2n) is 5.04. The number of nitrogen functional groups attached to an aromatic ring is 1. The summed E-state index contributed by atoms with van der Waals surface area (Å²) >= 11 is 0. The molecule has 0 aliphatic heterocycles. The minimum atomic E-state index is -1.10. The lowest BCUT2D eigenvalue weighted by atomic mass is 10.2. The predicted molar refractivity (Wildman–Crippen MR) is 87.8 cm³/mol. The molecule has 0 aliphatic rings. The second-order valence-corrected chi connectivity index (χ2v) is 5.04. The smallest absolute Gasteiger partial charge is 0.338 e. The number of amides is 1. The first-order valence-corrected chi connectivity index (χ1v) is 7.07. The molecule has 1 atom stereocenters. The van der Waals surface area contributed by atoms with Crippen molar-refractivity contribution in [2.45, 2.75) is 13.0 Å². The molecule has 0 saturated heterocycles. The number of aromatic carboxylic acids is 1. The third-order valence-electron chi connectivity index (χ3n) is 3.18. The summed E-state index contributed by atoms with van der Waals surface area (Å²) in [5.74, 6) is -2.33. The molecule has 2 aromatic rings. The maximum absolute atomic E-state index is 12.1. The second kappa shape index (κ2) is 7.28. The van der Waals surface area contributed by atoms with Crippen molar-refractivity contribution in [1.82, 2.24) is 0 Å². The van der Waals surface area contributed by atoms with Gasteiger partial charge in [0.2, 0.25) is 0 Å². The summed E-state index contributed by atoms with van der Waals surface area (Å²) in [6.45, 7) is 1.42. The van der Waals surface area contributed by atoms with Gasteiger partial charge in [0.15, 0.2) is 6.10 Å². The van der Waals surface area contributed by atoms with Gasteiger partial charge in [-0.05, 0) is 49.4 Å². The number of carboxylic acid groups (broad SMARTS) is 1. The highest BCUT2D eigenvalue weighted by Crippen LogP contribution is 2.13. The Morgan fingerprint density at radius 2 is 1.75 bits per heavy atom. The molecule has 0 aromatic heterocycles. The molecule has 0 bridgehead atoms. The summed E-state index contributed by atoms with van der Waals surface area (Å²) in [6, 6.07) is 11.9. The minimum absolute atomic E-state index is 0.0410. The van der Waals surface area contributed by atoms with Crippen LogP contribution < -0.4 is 11.1 Å². The van der Waals surface area contributed by atoms with Crippen molar-refractivity contribution in [3.63, 3.8) is 0 Å². The van der Waals surface area contributed by atoms with Crippen LogP contribution in [0.5, 0.6) is 0 Å². The molecule has 7 nitrogen and oxygen atoms in total. The van der Waals surface area contributed by atoms with Crippen LogP contribution in [-0.2, 0) is 9.53 Å². The third kappa shape index (κ3) is 4.33. The number of nitrogens with one attached hydrogen (secondary N) is 1. The first-order chi connectivity index (χ1) is 11.4. The first kappa shape index (κ1) is 17.0. The van der Waals surface area contributed by atoms with Crippen molar-refractivity contribution < 1.29 is 24.2 Å². The Kier molecular flexibility index (Phi) is 5.16. The van der Waals surface area contributed by atoms with Crippen LogP contribution in [0.2, 0.25) is 0 Å². The van der Waals surface area contributed by atoms with Gasteiger partial charge in [-0.15, -0.1) is 0 Å². The topological polar surface area (TPSA) is 119 Å². The van der Waals surface area contributed by atoms with Crippen LogP contribution >= 0.6 is 0 Å². The largest absolute Gasteiger partial charge is 0.478 e. The molecule has 1 unspecified atom stereocenters. The Morgan fingerprint density at radius 3 is 2.38 bits per heavy atom. The van der Waals surface area contributed by atoms with E-state index in [1.165, 1.54) is 37.3 Å². The summed E-state index contributed by atoms with van der Waals surface area (Å²) in [5, 5.41) is 11.4. The number of esters is 1. The average molecular weight is 328 g/mol. The normalized spacial score (nSPS) is 11.4. The quantitative estimate of drug-likeness (QED) is 0.571. The molecular weight excluding hydrogens is 312 g/mol. The van der Waals surface area contributed by atoms with Crippen LogP contribution in [0.4, 0.5) is 11.4 Å².